The Kier molecular flexibility index (Phi) is 3.70. The molecule has 0 amide bonds. The molecule has 0 saturated heterocycles. The van der Waals surface area contributed by atoms with Crippen LogP contribution in [0.3, 0.4) is 0 Å². The minimum absolute atomic E-state index is 0.0231. The maximum Gasteiger partial charge on any atom is 0.336 e. The number of nitrogens with zero attached hydrogens (tertiary/aromatic N) is 4. The van der Waals surface area contributed by atoms with E-state index in [2.05, 4.69) is 15.4 Å². The van der Waals surface area contributed by atoms with Gasteiger partial charge in [0.1, 0.15) is 11.3 Å². The van der Waals surface area contributed by atoms with Crippen LogP contribution in [-0.4, -0.2) is 25.3 Å². The molecule has 4 rings (SSSR count). The molecule has 0 fully saturated rings. The SMILES string of the molecule is O=c1cc(Cn2nnc(-c3cccc(Cl)c3)n2)c2ccc(O)cc2o1. The van der Waals surface area contributed by atoms with Crippen molar-refractivity contribution in [2.24, 2.45) is 0 Å². The van der Waals surface area contributed by atoms with Gasteiger partial charge in [0, 0.05) is 28.1 Å². The van der Waals surface area contributed by atoms with Gasteiger partial charge in [-0.25, -0.2) is 4.79 Å². The lowest BCUT2D eigenvalue weighted by molar-refractivity contribution is 0.473. The van der Waals surface area contributed by atoms with Crippen LogP contribution in [0.4, 0.5) is 0 Å². The van der Waals surface area contributed by atoms with Crippen molar-refractivity contribution in [1.29, 1.82) is 0 Å². The second kappa shape index (κ2) is 6.03. The van der Waals surface area contributed by atoms with E-state index in [9.17, 15) is 9.90 Å². The van der Waals surface area contributed by atoms with Crippen molar-refractivity contribution in [3.8, 4) is 17.1 Å². The first kappa shape index (κ1) is 15.3. The molecule has 7 nitrogen and oxygen atoms in total. The number of rotatable bonds is 3. The second-order valence-corrected chi connectivity index (χ2v) is 5.86. The Labute approximate surface area is 146 Å². The molecule has 0 radical (unpaired) electrons. The maximum absolute atomic E-state index is 11.7. The topological polar surface area (TPSA) is 94.0 Å². The van der Waals surface area contributed by atoms with Crippen LogP contribution in [0.1, 0.15) is 5.56 Å². The van der Waals surface area contributed by atoms with Gasteiger partial charge in [0.2, 0.25) is 5.82 Å². The fourth-order valence-corrected chi connectivity index (χ4v) is 2.75. The van der Waals surface area contributed by atoms with Crippen molar-refractivity contribution < 1.29 is 9.52 Å². The maximum atomic E-state index is 11.7. The number of fused-ring (bicyclic) bond motifs is 1. The van der Waals surface area contributed by atoms with E-state index < -0.39 is 5.63 Å². The van der Waals surface area contributed by atoms with E-state index in [-0.39, 0.29) is 12.3 Å². The zero-order chi connectivity index (χ0) is 17.4. The Morgan fingerprint density at radius 1 is 1.16 bits per heavy atom. The molecule has 2 aromatic heterocycles. The number of aromatic hydroxyl groups is 1. The molecule has 25 heavy (non-hydrogen) atoms. The Morgan fingerprint density at radius 3 is 2.88 bits per heavy atom. The van der Waals surface area contributed by atoms with E-state index in [0.717, 1.165) is 5.56 Å². The van der Waals surface area contributed by atoms with Crippen molar-refractivity contribution in [1.82, 2.24) is 20.2 Å². The van der Waals surface area contributed by atoms with Gasteiger partial charge in [-0.2, -0.15) is 4.80 Å². The first-order valence-electron chi connectivity index (χ1n) is 7.38. The van der Waals surface area contributed by atoms with Gasteiger partial charge >= 0.3 is 5.63 Å². The van der Waals surface area contributed by atoms with Gasteiger partial charge in [0.15, 0.2) is 0 Å². The summed E-state index contributed by atoms with van der Waals surface area (Å²) in [4.78, 5) is 13.1. The molecular weight excluding hydrogens is 344 g/mol. The number of halogens is 1. The Bertz CT molecular complexity index is 1140. The van der Waals surface area contributed by atoms with Gasteiger partial charge in [-0.05, 0) is 35.0 Å². The summed E-state index contributed by atoms with van der Waals surface area (Å²) in [5.74, 6) is 0.460. The highest BCUT2D eigenvalue weighted by atomic mass is 35.5. The minimum atomic E-state index is -0.511. The smallest absolute Gasteiger partial charge is 0.336 e. The summed E-state index contributed by atoms with van der Waals surface area (Å²) < 4.78 is 5.11. The second-order valence-electron chi connectivity index (χ2n) is 5.42. The Morgan fingerprint density at radius 2 is 2.04 bits per heavy atom. The van der Waals surface area contributed by atoms with Gasteiger partial charge in [-0.1, -0.05) is 23.7 Å². The Balaban J connectivity index is 1.72. The average Bonchev–Trinajstić information content (AvgIpc) is 3.03. The fourth-order valence-electron chi connectivity index (χ4n) is 2.56. The van der Waals surface area contributed by atoms with Gasteiger partial charge in [-0.3, -0.25) is 0 Å². The van der Waals surface area contributed by atoms with Crippen molar-refractivity contribution in [2.75, 3.05) is 0 Å². The van der Waals surface area contributed by atoms with Gasteiger partial charge in [-0.15, -0.1) is 10.2 Å². The number of aromatic nitrogens is 4. The summed E-state index contributed by atoms with van der Waals surface area (Å²) in [5, 5.41) is 23.2. The quantitative estimate of drug-likeness (QED) is 0.568. The van der Waals surface area contributed by atoms with Crippen LogP contribution >= 0.6 is 11.6 Å². The normalized spacial score (nSPS) is 11.1. The minimum Gasteiger partial charge on any atom is -0.508 e. The summed E-state index contributed by atoms with van der Waals surface area (Å²) in [5.41, 5.74) is 1.21. The first-order chi connectivity index (χ1) is 12.1. The van der Waals surface area contributed by atoms with Crippen LogP contribution in [-0.2, 0) is 6.54 Å². The lowest BCUT2D eigenvalue weighted by Gasteiger charge is -2.04. The molecule has 0 bridgehead atoms. The molecule has 0 aliphatic heterocycles. The molecule has 2 aromatic carbocycles. The van der Waals surface area contributed by atoms with Crippen LogP contribution < -0.4 is 5.63 Å². The molecule has 1 N–H and O–H groups in total. The highest BCUT2D eigenvalue weighted by molar-refractivity contribution is 6.30. The number of phenols is 1. The molecular formula is C17H11ClN4O3. The largest absolute Gasteiger partial charge is 0.508 e. The molecule has 0 spiro atoms. The third-order valence-electron chi connectivity index (χ3n) is 3.66. The lowest BCUT2D eigenvalue weighted by atomic mass is 10.1. The van der Waals surface area contributed by atoms with Gasteiger partial charge in [0.05, 0.1) is 6.54 Å². The summed E-state index contributed by atoms with van der Waals surface area (Å²) in [7, 11) is 0. The van der Waals surface area contributed by atoms with E-state index >= 15 is 0 Å². The fraction of sp³-hybridized carbons (Fsp3) is 0.0588. The number of tetrazole rings is 1. The number of phenolic OH excluding ortho intramolecular Hbond substituents is 1. The Hall–Kier alpha value is -3.19. The molecule has 8 heteroatoms. The molecule has 0 atom stereocenters. The molecule has 4 aromatic rings. The monoisotopic (exact) mass is 354 g/mol. The van der Waals surface area contributed by atoms with E-state index in [0.29, 0.717) is 27.4 Å². The molecule has 0 aliphatic rings. The van der Waals surface area contributed by atoms with Crippen molar-refractivity contribution in [3.63, 3.8) is 0 Å². The van der Waals surface area contributed by atoms with Crippen LogP contribution in [0.5, 0.6) is 5.75 Å². The molecule has 124 valence electrons. The van der Waals surface area contributed by atoms with Crippen molar-refractivity contribution in [2.45, 2.75) is 6.54 Å². The lowest BCUT2D eigenvalue weighted by Crippen LogP contribution is -2.08. The summed E-state index contributed by atoms with van der Waals surface area (Å²) in [6.07, 6.45) is 0. The van der Waals surface area contributed by atoms with E-state index in [4.69, 9.17) is 16.0 Å². The highest BCUT2D eigenvalue weighted by Crippen LogP contribution is 2.23. The summed E-state index contributed by atoms with van der Waals surface area (Å²) >= 11 is 5.98. The highest BCUT2D eigenvalue weighted by Gasteiger charge is 2.11. The molecule has 0 saturated carbocycles. The standard InChI is InChI=1S/C17H11ClN4O3/c18-12-3-1-2-10(6-12)17-19-21-22(20-17)9-11-7-16(24)25-15-8-13(23)4-5-14(11)15/h1-8,23H,9H2. The van der Waals surface area contributed by atoms with Crippen molar-refractivity contribution in [3.05, 3.63) is 69.5 Å². The van der Waals surface area contributed by atoms with Crippen molar-refractivity contribution >= 4 is 22.6 Å². The van der Waals surface area contributed by atoms with Gasteiger partial charge < -0.3 is 9.52 Å². The van der Waals surface area contributed by atoms with Crippen LogP contribution in [0.25, 0.3) is 22.4 Å². The predicted molar refractivity (Wildman–Crippen MR) is 91.5 cm³/mol. The van der Waals surface area contributed by atoms with Crippen LogP contribution in [0.15, 0.2) is 57.7 Å². The molecule has 0 aliphatic carbocycles. The predicted octanol–water partition coefficient (Wildman–Crippen LogP) is 2.85. The average molecular weight is 355 g/mol. The van der Waals surface area contributed by atoms with E-state index in [1.54, 1.807) is 24.3 Å². The van der Waals surface area contributed by atoms with Crippen LogP contribution in [0, 0.1) is 0 Å². The van der Waals surface area contributed by atoms with E-state index in [1.165, 1.54) is 23.0 Å². The van der Waals surface area contributed by atoms with Gasteiger partial charge in [0.25, 0.3) is 0 Å². The summed E-state index contributed by atoms with van der Waals surface area (Å²) in [6, 6.07) is 13.1. The number of hydrogen-bond acceptors (Lipinski definition) is 6. The molecule has 0 unspecified atom stereocenters. The third-order valence-corrected chi connectivity index (χ3v) is 3.90. The first-order valence-corrected chi connectivity index (χ1v) is 7.76. The van der Waals surface area contributed by atoms with E-state index in [1.807, 2.05) is 6.07 Å². The van der Waals surface area contributed by atoms with Crippen LogP contribution in [0.2, 0.25) is 5.02 Å². The molecule has 2 heterocycles. The summed E-state index contributed by atoms with van der Waals surface area (Å²) in [6.45, 7) is 0.237. The third kappa shape index (κ3) is 3.09. The number of hydrogen-bond donors (Lipinski definition) is 1. The number of benzene rings is 2. The zero-order valence-electron chi connectivity index (χ0n) is 12.8. The zero-order valence-corrected chi connectivity index (χ0v) is 13.5.